The lowest BCUT2D eigenvalue weighted by molar-refractivity contribution is -0.174. The van der Waals surface area contributed by atoms with E-state index in [1.807, 2.05) is 0 Å². The van der Waals surface area contributed by atoms with E-state index in [9.17, 15) is 44.7 Å². The molecule has 5 atom stereocenters. The average Bonchev–Trinajstić information content (AvgIpc) is 3.80. The Kier molecular flexibility index (Phi) is 7.92. The molecule has 0 aliphatic heterocycles. The molecule has 2 aromatic heterocycles. The number of amides is 2. The van der Waals surface area contributed by atoms with Crippen LogP contribution in [-0.4, -0.2) is 44.5 Å². The number of hydrogen-bond donors (Lipinski definition) is 2. The lowest BCUT2D eigenvalue weighted by Crippen LogP contribution is -2.38. The second kappa shape index (κ2) is 10.9. The first-order chi connectivity index (χ1) is 19.5. The van der Waals surface area contributed by atoms with Crippen molar-refractivity contribution >= 4 is 17.6 Å². The molecule has 0 bridgehead atoms. The van der Waals surface area contributed by atoms with Gasteiger partial charge < -0.3 is 10.6 Å². The molecule has 3 unspecified atom stereocenters. The largest absolute Gasteiger partial charge is 0.392 e. The molecule has 15 heteroatoms. The van der Waals surface area contributed by atoms with Gasteiger partial charge in [0.05, 0.1) is 41.2 Å². The molecule has 3 saturated carbocycles. The molecule has 3 fully saturated rings. The van der Waals surface area contributed by atoms with E-state index in [1.165, 1.54) is 10.6 Å². The molecule has 3 aliphatic carbocycles. The van der Waals surface area contributed by atoms with Gasteiger partial charge in [-0.2, -0.15) is 26.3 Å². The predicted molar refractivity (Wildman–Crippen MR) is 132 cm³/mol. The Morgan fingerprint density at radius 1 is 0.976 bits per heavy atom. The molecule has 2 aromatic rings. The molecule has 0 aromatic carbocycles. The summed E-state index contributed by atoms with van der Waals surface area (Å²) < 4.78 is 107. The van der Waals surface area contributed by atoms with E-state index >= 15 is 0 Å². The van der Waals surface area contributed by atoms with Crippen molar-refractivity contribution in [3.63, 3.8) is 0 Å². The molecule has 0 radical (unpaired) electrons. The highest BCUT2D eigenvalue weighted by molar-refractivity contribution is 5.82. The molecule has 5 rings (SSSR count). The van der Waals surface area contributed by atoms with E-state index < -0.39 is 85.1 Å². The minimum Gasteiger partial charge on any atom is -0.347 e. The van der Waals surface area contributed by atoms with Crippen molar-refractivity contribution < 1.29 is 44.7 Å². The van der Waals surface area contributed by atoms with Gasteiger partial charge in [-0.25, -0.2) is 18.7 Å². The van der Waals surface area contributed by atoms with Crippen molar-refractivity contribution in [2.45, 2.75) is 88.6 Å². The highest BCUT2D eigenvalue weighted by atomic mass is 19.4. The summed E-state index contributed by atoms with van der Waals surface area (Å²) in [6.07, 6.45) is -6.30. The monoisotopic (exact) mass is 609 g/mol. The van der Waals surface area contributed by atoms with Crippen LogP contribution in [0.25, 0.3) is 5.78 Å². The van der Waals surface area contributed by atoms with Crippen LogP contribution in [0.3, 0.4) is 0 Å². The highest BCUT2D eigenvalue weighted by Gasteiger charge is 2.59. The molecule has 2 N–H and O–H groups in total. The smallest absolute Gasteiger partial charge is 0.347 e. The van der Waals surface area contributed by atoms with Crippen molar-refractivity contribution in [2.75, 3.05) is 0 Å². The van der Waals surface area contributed by atoms with Gasteiger partial charge in [-0.1, -0.05) is 6.92 Å². The van der Waals surface area contributed by atoms with Gasteiger partial charge in [0.15, 0.2) is 0 Å². The quantitative estimate of drug-likeness (QED) is 0.338. The van der Waals surface area contributed by atoms with Crippen molar-refractivity contribution in [3.05, 3.63) is 29.8 Å². The summed E-state index contributed by atoms with van der Waals surface area (Å²) in [6, 6.07) is 0.0197. The molecular formula is C27H31F8N5O2. The number of nitrogens with zero attached hydrogens (tertiary/aromatic N) is 3. The van der Waals surface area contributed by atoms with E-state index in [1.54, 1.807) is 12.3 Å². The Bertz CT molecular complexity index is 1310. The van der Waals surface area contributed by atoms with Gasteiger partial charge in [0.2, 0.25) is 23.5 Å². The molecule has 2 heterocycles. The number of carbonyl (C=O) groups is 2. The summed E-state index contributed by atoms with van der Waals surface area (Å²) >= 11 is 0. The molecule has 3 aliphatic rings. The zero-order valence-electron chi connectivity index (χ0n) is 22.6. The number of fused-ring (bicyclic) bond motifs is 1. The Balaban J connectivity index is 1.36. The van der Waals surface area contributed by atoms with E-state index in [4.69, 9.17) is 0 Å². The predicted octanol–water partition coefficient (Wildman–Crippen LogP) is 6.07. The molecular weight excluding hydrogens is 578 g/mol. The first kappa shape index (κ1) is 30.5. The van der Waals surface area contributed by atoms with Crippen LogP contribution in [0.1, 0.15) is 81.8 Å². The van der Waals surface area contributed by atoms with Gasteiger partial charge in [0.25, 0.3) is 0 Å². The Morgan fingerprint density at radius 3 is 2.14 bits per heavy atom. The molecule has 0 saturated heterocycles. The summed E-state index contributed by atoms with van der Waals surface area (Å²) in [7, 11) is 0. The van der Waals surface area contributed by atoms with Crippen LogP contribution in [0.5, 0.6) is 0 Å². The topological polar surface area (TPSA) is 88.4 Å². The fourth-order valence-corrected chi connectivity index (χ4v) is 5.65. The maximum absolute atomic E-state index is 13.9. The highest BCUT2D eigenvalue weighted by Crippen LogP contribution is 2.51. The van der Waals surface area contributed by atoms with E-state index in [-0.39, 0.29) is 36.7 Å². The third-order valence-corrected chi connectivity index (χ3v) is 8.54. The van der Waals surface area contributed by atoms with Gasteiger partial charge in [-0.3, -0.25) is 14.0 Å². The van der Waals surface area contributed by atoms with Gasteiger partial charge in [-0.15, -0.1) is 0 Å². The number of aromatic nitrogens is 3. The summed E-state index contributed by atoms with van der Waals surface area (Å²) in [5, 5.41) is 5.30. The Hall–Kier alpha value is -3.00. The zero-order chi connectivity index (χ0) is 30.6. The van der Waals surface area contributed by atoms with Crippen LogP contribution >= 0.6 is 0 Å². The van der Waals surface area contributed by atoms with E-state index in [0.29, 0.717) is 5.69 Å². The van der Waals surface area contributed by atoms with Crippen molar-refractivity contribution in [1.29, 1.82) is 0 Å². The van der Waals surface area contributed by atoms with Crippen molar-refractivity contribution in [2.24, 2.45) is 29.6 Å². The standard InChI is InChI=1S/C27H31F8N5O2/c1-13(26(30,31)32)10-20(41)38-21(14-2-3-14)18-6-9-40-12-19(37-24(40)36-18)22(15-4-7-25(28,29)8-5-15)39-23(42)16-11-17(16)27(33,34)35/h6,9,12-17,21-22H,2-5,7-8,10-11H2,1H3,(H,38,41)(H,39,42)/t13?,16?,17?,21-,22+/m1/s1. The first-order valence-electron chi connectivity index (χ1n) is 14.0. The number of halogens is 8. The van der Waals surface area contributed by atoms with Crippen LogP contribution in [-0.2, 0) is 9.59 Å². The SMILES string of the molecule is CC(CC(=O)N[C@@H](c1ccn2cc([C@@H](NC(=O)C3CC3C(F)(F)F)C3CCC(F)(F)CC3)nc2n1)C1CC1)C(F)(F)F. The molecule has 2 amide bonds. The maximum atomic E-state index is 13.9. The van der Waals surface area contributed by atoms with Crippen LogP contribution in [0.15, 0.2) is 18.5 Å². The fourth-order valence-electron chi connectivity index (χ4n) is 5.65. The number of hydrogen-bond acceptors (Lipinski definition) is 4. The lowest BCUT2D eigenvalue weighted by atomic mass is 9.81. The minimum absolute atomic E-state index is 0.0180. The molecule has 7 nitrogen and oxygen atoms in total. The fraction of sp³-hybridized carbons (Fsp3) is 0.704. The number of rotatable bonds is 9. The average molecular weight is 610 g/mol. The molecule has 232 valence electrons. The third kappa shape index (κ3) is 6.96. The lowest BCUT2D eigenvalue weighted by Gasteiger charge is -2.33. The number of carbonyl (C=O) groups excluding carboxylic acids is 2. The van der Waals surface area contributed by atoms with E-state index in [0.717, 1.165) is 19.8 Å². The minimum atomic E-state index is -4.51. The summed E-state index contributed by atoms with van der Waals surface area (Å²) in [6.45, 7) is 0.928. The van der Waals surface area contributed by atoms with Crippen molar-refractivity contribution in [1.82, 2.24) is 25.0 Å². The number of alkyl halides is 8. The van der Waals surface area contributed by atoms with Gasteiger partial charge >= 0.3 is 12.4 Å². The normalized spacial score (nSPS) is 25.1. The first-order valence-corrected chi connectivity index (χ1v) is 14.0. The van der Waals surface area contributed by atoms with Crippen LogP contribution in [0, 0.1) is 29.6 Å². The Labute approximate surface area is 235 Å². The second-order valence-electron chi connectivity index (χ2n) is 11.9. The number of nitrogens with one attached hydrogen (secondary N) is 2. The zero-order valence-corrected chi connectivity index (χ0v) is 22.6. The third-order valence-electron chi connectivity index (χ3n) is 8.54. The van der Waals surface area contributed by atoms with Crippen molar-refractivity contribution in [3.8, 4) is 0 Å². The molecule has 0 spiro atoms. The van der Waals surface area contributed by atoms with Gasteiger partial charge in [-0.05, 0) is 50.0 Å². The van der Waals surface area contributed by atoms with Crippen LogP contribution < -0.4 is 10.6 Å². The summed E-state index contributed by atoms with van der Waals surface area (Å²) in [5.74, 6) is -9.63. The van der Waals surface area contributed by atoms with E-state index in [2.05, 4.69) is 20.6 Å². The van der Waals surface area contributed by atoms with Gasteiger partial charge in [0, 0.05) is 31.7 Å². The second-order valence-corrected chi connectivity index (χ2v) is 11.9. The van der Waals surface area contributed by atoms with Crippen LogP contribution in [0.2, 0.25) is 0 Å². The van der Waals surface area contributed by atoms with Crippen LogP contribution in [0.4, 0.5) is 35.1 Å². The summed E-state index contributed by atoms with van der Waals surface area (Å²) in [5.41, 5.74) is 0.623. The Morgan fingerprint density at radius 2 is 1.57 bits per heavy atom. The van der Waals surface area contributed by atoms with Gasteiger partial charge in [0.1, 0.15) is 0 Å². The molecule has 42 heavy (non-hydrogen) atoms. The number of imidazole rings is 1. The maximum Gasteiger partial charge on any atom is 0.392 e. The summed E-state index contributed by atoms with van der Waals surface area (Å²) in [4.78, 5) is 34.2.